The third-order valence-corrected chi connectivity index (χ3v) is 4.28. The number of hydrogen-bond donors (Lipinski definition) is 8. The number of carboxylic acids is 1. The fourth-order valence-electron chi connectivity index (χ4n) is 2.26. The summed E-state index contributed by atoms with van der Waals surface area (Å²) in [6.07, 6.45) is 2.39. The van der Waals surface area contributed by atoms with Crippen LogP contribution in [0, 0.1) is 0 Å². The largest absolute Gasteiger partial charge is 0.480 e. The Balaban J connectivity index is 2.87. The van der Waals surface area contributed by atoms with Crippen molar-refractivity contribution in [1.29, 1.82) is 0 Å². The van der Waals surface area contributed by atoms with Gasteiger partial charge in [-0.15, -0.1) is 0 Å². The SMILES string of the molecule is CC(NC(=O)C(Cc1cnc[nH]1)NC(=O)C(CS)NC(=O)C(N)CC(N)=O)C(=O)O. The van der Waals surface area contributed by atoms with Gasteiger partial charge >= 0.3 is 5.97 Å². The monoisotopic (exact) mass is 443 g/mol. The highest BCUT2D eigenvalue weighted by Crippen LogP contribution is 2.02. The molecule has 0 aliphatic carbocycles. The number of imidazole rings is 1. The van der Waals surface area contributed by atoms with E-state index >= 15 is 0 Å². The second-order valence-corrected chi connectivity index (χ2v) is 6.80. The third-order valence-electron chi connectivity index (χ3n) is 3.91. The Morgan fingerprint density at radius 1 is 1.13 bits per heavy atom. The lowest BCUT2D eigenvalue weighted by Crippen LogP contribution is -2.58. The standard InChI is InChI=1S/C16H25N7O6S/c1-7(16(28)29)21-14(26)10(2-8-4-19-6-20-8)22-15(27)11(5-30)23-13(25)9(17)3-12(18)24/h4,6-7,9-11,30H,2-3,5,17H2,1H3,(H2,18,24)(H,19,20)(H,21,26)(H,22,27)(H,23,25)(H,28,29). The summed E-state index contributed by atoms with van der Waals surface area (Å²) in [5.74, 6) is -4.47. The number of carboxylic acid groups (broad SMARTS) is 1. The number of aliphatic carboxylic acids is 1. The summed E-state index contributed by atoms with van der Waals surface area (Å²) < 4.78 is 0. The van der Waals surface area contributed by atoms with Crippen molar-refractivity contribution in [2.75, 3.05) is 5.75 Å². The van der Waals surface area contributed by atoms with E-state index in [0.717, 1.165) is 0 Å². The van der Waals surface area contributed by atoms with E-state index in [2.05, 4.69) is 38.5 Å². The van der Waals surface area contributed by atoms with Gasteiger partial charge in [-0.3, -0.25) is 24.0 Å². The Hall–Kier alpha value is -3.13. The fourth-order valence-corrected chi connectivity index (χ4v) is 2.51. The number of hydrogen-bond acceptors (Lipinski definition) is 8. The van der Waals surface area contributed by atoms with Gasteiger partial charge in [0.25, 0.3) is 0 Å². The second kappa shape index (κ2) is 11.8. The van der Waals surface area contributed by atoms with Crippen molar-refractivity contribution in [3.63, 3.8) is 0 Å². The number of amides is 4. The van der Waals surface area contributed by atoms with Gasteiger partial charge in [-0.1, -0.05) is 0 Å². The Morgan fingerprint density at radius 2 is 1.73 bits per heavy atom. The average Bonchev–Trinajstić information content (AvgIpc) is 3.17. The minimum absolute atomic E-state index is 0.0155. The van der Waals surface area contributed by atoms with E-state index < -0.39 is 60.2 Å². The first-order valence-electron chi connectivity index (χ1n) is 8.81. The molecule has 166 valence electrons. The lowest BCUT2D eigenvalue weighted by Gasteiger charge is -2.23. The van der Waals surface area contributed by atoms with Gasteiger partial charge in [-0.25, -0.2) is 4.98 Å². The average molecular weight is 443 g/mol. The maximum absolute atomic E-state index is 12.6. The van der Waals surface area contributed by atoms with Gasteiger partial charge in [0.15, 0.2) is 0 Å². The predicted octanol–water partition coefficient (Wildman–Crippen LogP) is -3.36. The van der Waals surface area contributed by atoms with E-state index in [1.54, 1.807) is 0 Å². The molecule has 0 aliphatic heterocycles. The number of nitrogens with zero attached hydrogens (tertiary/aromatic N) is 1. The van der Waals surface area contributed by atoms with Crippen LogP contribution in [0.2, 0.25) is 0 Å². The van der Waals surface area contributed by atoms with Crippen LogP contribution in [-0.4, -0.2) is 74.6 Å². The quantitative estimate of drug-likeness (QED) is 0.152. The molecular formula is C16H25N7O6S. The number of nitrogens with two attached hydrogens (primary N) is 2. The lowest BCUT2D eigenvalue weighted by molar-refractivity contribution is -0.141. The molecule has 4 amide bonds. The maximum Gasteiger partial charge on any atom is 0.325 e. The zero-order chi connectivity index (χ0) is 22.8. The van der Waals surface area contributed by atoms with Gasteiger partial charge in [0.05, 0.1) is 18.8 Å². The van der Waals surface area contributed by atoms with Crippen LogP contribution >= 0.6 is 12.6 Å². The van der Waals surface area contributed by atoms with E-state index in [9.17, 15) is 24.0 Å². The van der Waals surface area contributed by atoms with Crippen molar-refractivity contribution in [3.8, 4) is 0 Å². The van der Waals surface area contributed by atoms with Crippen LogP contribution in [0.25, 0.3) is 0 Å². The molecular weight excluding hydrogens is 418 g/mol. The second-order valence-electron chi connectivity index (χ2n) is 6.43. The summed E-state index contributed by atoms with van der Waals surface area (Å²) in [5, 5.41) is 16.0. The van der Waals surface area contributed by atoms with Gasteiger partial charge in [0.2, 0.25) is 23.6 Å². The van der Waals surface area contributed by atoms with E-state index in [0.29, 0.717) is 5.69 Å². The number of H-pyrrole nitrogens is 1. The van der Waals surface area contributed by atoms with Crippen LogP contribution in [-0.2, 0) is 30.4 Å². The summed E-state index contributed by atoms with van der Waals surface area (Å²) in [6.45, 7) is 1.27. The van der Waals surface area contributed by atoms with Crippen LogP contribution in [0.1, 0.15) is 19.0 Å². The Labute approximate surface area is 177 Å². The maximum atomic E-state index is 12.6. The number of aromatic amines is 1. The van der Waals surface area contributed by atoms with Crippen LogP contribution in [0.15, 0.2) is 12.5 Å². The van der Waals surface area contributed by atoms with E-state index in [4.69, 9.17) is 16.6 Å². The molecule has 1 aromatic rings. The molecule has 0 aromatic carbocycles. The smallest absolute Gasteiger partial charge is 0.325 e. The summed E-state index contributed by atoms with van der Waals surface area (Å²) in [7, 11) is 0. The first-order chi connectivity index (χ1) is 14.0. The zero-order valence-corrected chi connectivity index (χ0v) is 17.0. The minimum Gasteiger partial charge on any atom is -0.480 e. The summed E-state index contributed by atoms with van der Waals surface area (Å²) in [5.41, 5.74) is 11.0. The first-order valence-corrected chi connectivity index (χ1v) is 9.44. The topological polar surface area (TPSA) is 222 Å². The molecule has 1 aromatic heterocycles. The van der Waals surface area contributed by atoms with Crippen molar-refractivity contribution in [2.45, 2.75) is 43.9 Å². The third kappa shape index (κ3) is 8.08. The molecule has 1 rings (SSSR count). The number of thiol groups is 1. The van der Waals surface area contributed by atoms with Crippen molar-refractivity contribution in [3.05, 3.63) is 18.2 Å². The highest BCUT2D eigenvalue weighted by atomic mass is 32.1. The van der Waals surface area contributed by atoms with Gasteiger partial charge in [-0.05, 0) is 6.92 Å². The van der Waals surface area contributed by atoms with Crippen LogP contribution in [0.5, 0.6) is 0 Å². The van der Waals surface area contributed by atoms with Gasteiger partial charge in [0.1, 0.15) is 18.1 Å². The van der Waals surface area contributed by atoms with Crippen LogP contribution in [0.4, 0.5) is 0 Å². The Morgan fingerprint density at radius 3 is 2.23 bits per heavy atom. The molecule has 4 atom stereocenters. The van der Waals surface area contributed by atoms with E-state index in [-0.39, 0.29) is 12.2 Å². The lowest BCUT2D eigenvalue weighted by atomic mass is 10.1. The van der Waals surface area contributed by atoms with Crippen molar-refractivity contribution in [2.24, 2.45) is 11.5 Å². The number of nitrogens with one attached hydrogen (secondary N) is 4. The van der Waals surface area contributed by atoms with Crippen molar-refractivity contribution in [1.82, 2.24) is 25.9 Å². The van der Waals surface area contributed by atoms with E-state index in [1.807, 2.05) is 0 Å². The van der Waals surface area contributed by atoms with Crippen molar-refractivity contribution < 1.29 is 29.1 Å². The van der Waals surface area contributed by atoms with Gasteiger partial charge < -0.3 is 37.5 Å². The molecule has 0 spiro atoms. The Bertz CT molecular complexity index is 772. The summed E-state index contributed by atoms with van der Waals surface area (Å²) in [4.78, 5) is 65.6. The Kier molecular flexibility index (Phi) is 9.77. The normalized spacial score (nSPS) is 14.6. The number of rotatable bonds is 12. The van der Waals surface area contributed by atoms with E-state index in [1.165, 1.54) is 19.4 Å². The molecule has 30 heavy (non-hydrogen) atoms. The molecule has 0 radical (unpaired) electrons. The van der Waals surface area contributed by atoms with Crippen LogP contribution in [0.3, 0.4) is 0 Å². The molecule has 0 bridgehead atoms. The highest BCUT2D eigenvalue weighted by molar-refractivity contribution is 7.80. The number of carbonyl (C=O) groups excluding carboxylic acids is 4. The first kappa shape index (κ1) is 24.9. The molecule has 14 heteroatoms. The van der Waals surface area contributed by atoms with Crippen LogP contribution < -0.4 is 27.4 Å². The summed E-state index contributed by atoms with van der Waals surface area (Å²) in [6, 6.07) is -4.78. The molecule has 0 saturated carbocycles. The molecule has 4 unspecified atom stereocenters. The molecule has 0 fully saturated rings. The molecule has 9 N–H and O–H groups in total. The fraction of sp³-hybridized carbons (Fsp3) is 0.500. The number of carbonyl (C=O) groups is 5. The zero-order valence-electron chi connectivity index (χ0n) is 16.1. The number of aromatic nitrogens is 2. The number of primary amides is 1. The molecule has 1 heterocycles. The highest BCUT2D eigenvalue weighted by Gasteiger charge is 2.29. The molecule has 0 saturated heterocycles. The predicted molar refractivity (Wildman–Crippen MR) is 107 cm³/mol. The van der Waals surface area contributed by atoms with Crippen molar-refractivity contribution >= 4 is 42.2 Å². The van der Waals surface area contributed by atoms with Gasteiger partial charge in [-0.2, -0.15) is 12.6 Å². The minimum atomic E-state index is -1.25. The molecule has 13 nitrogen and oxygen atoms in total. The molecule has 0 aliphatic rings. The summed E-state index contributed by atoms with van der Waals surface area (Å²) >= 11 is 4.01. The van der Waals surface area contributed by atoms with Gasteiger partial charge in [0, 0.05) is 24.1 Å².